The molecule has 4 rings (SSSR count). The molecule has 1 N–H and O–H groups in total. The lowest BCUT2D eigenvalue weighted by atomic mass is 9.87. The van der Waals surface area contributed by atoms with Gasteiger partial charge in [-0.1, -0.05) is 6.07 Å². The van der Waals surface area contributed by atoms with Crippen LogP contribution in [0.4, 0.5) is 0 Å². The van der Waals surface area contributed by atoms with Gasteiger partial charge in [-0.05, 0) is 55.2 Å². The molecule has 2 fully saturated rings. The maximum absolute atomic E-state index is 13.3. The highest BCUT2D eigenvalue weighted by molar-refractivity contribution is 5.95. The minimum Gasteiger partial charge on any atom is -0.497 e. The lowest BCUT2D eigenvalue weighted by Crippen LogP contribution is -2.36. The summed E-state index contributed by atoms with van der Waals surface area (Å²) in [7, 11) is 4.80. The molecular weight excluding hydrogens is 408 g/mol. The Labute approximate surface area is 188 Å². The van der Waals surface area contributed by atoms with Gasteiger partial charge in [-0.25, -0.2) is 0 Å². The minimum atomic E-state index is -0.371. The van der Waals surface area contributed by atoms with E-state index in [1.165, 1.54) is 12.8 Å². The van der Waals surface area contributed by atoms with Crippen LogP contribution in [0.5, 0.6) is 17.2 Å². The Kier molecular flexibility index (Phi) is 6.53. The van der Waals surface area contributed by atoms with Crippen LogP contribution in [-0.2, 0) is 4.79 Å². The van der Waals surface area contributed by atoms with E-state index in [1.807, 2.05) is 18.2 Å². The van der Waals surface area contributed by atoms with Gasteiger partial charge in [-0.3, -0.25) is 9.59 Å². The van der Waals surface area contributed by atoms with Crippen LogP contribution in [0.2, 0.25) is 0 Å². The van der Waals surface area contributed by atoms with E-state index in [0.717, 1.165) is 5.56 Å². The Morgan fingerprint density at radius 1 is 0.969 bits per heavy atom. The SMILES string of the molecule is COc1cccc(C(=O)N2C[C@H](C(=O)NCC3CC3)[C@H](c3cc(OC)ccc3OC)C2)c1. The Hall–Kier alpha value is -3.22. The number of nitrogens with zero attached hydrogens (tertiary/aromatic N) is 1. The van der Waals surface area contributed by atoms with Crippen LogP contribution in [0.3, 0.4) is 0 Å². The Bertz CT molecular complexity index is 988. The summed E-state index contributed by atoms with van der Waals surface area (Å²) in [5, 5.41) is 3.10. The smallest absolute Gasteiger partial charge is 0.254 e. The van der Waals surface area contributed by atoms with Crippen molar-refractivity contribution >= 4 is 11.8 Å². The fraction of sp³-hybridized carbons (Fsp3) is 0.440. The maximum Gasteiger partial charge on any atom is 0.254 e. The molecule has 0 spiro atoms. The lowest BCUT2D eigenvalue weighted by Gasteiger charge is -2.21. The fourth-order valence-electron chi connectivity index (χ4n) is 4.32. The van der Waals surface area contributed by atoms with Crippen molar-refractivity contribution in [2.45, 2.75) is 18.8 Å². The number of methoxy groups -OCH3 is 3. The van der Waals surface area contributed by atoms with Gasteiger partial charge in [-0.2, -0.15) is 0 Å². The molecule has 2 aromatic carbocycles. The van der Waals surface area contributed by atoms with Crippen molar-refractivity contribution in [2.24, 2.45) is 11.8 Å². The third kappa shape index (κ3) is 4.66. The largest absolute Gasteiger partial charge is 0.497 e. The van der Waals surface area contributed by atoms with Crippen LogP contribution in [0.15, 0.2) is 42.5 Å². The van der Waals surface area contributed by atoms with E-state index in [9.17, 15) is 9.59 Å². The highest BCUT2D eigenvalue weighted by Crippen LogP contribution is 2.40. The van der Waals surface area contributed by atoms with Crippen molar-refractivity contribution in [1.29, 1.82) is 0 Å². The zero-order valence-electron chi connectivity index (χ0n) is 18.8. The Morgan fingerprint density at radius 2 is 1.72 bits per heavy atom. The number of likely N-dealkylation sites (tertiary alicyclic amines) is 1. The molecule has 1 saturated carbocycles. The van der Waals surface area contributed by atoms with Crippen LogP contribution >= 0.6 is 0 Å². The van der Waals surface area contributed by atoms with E-state index in [1.54, 1.807) is 50.5 Å². The number of amides is 2. The topological polar surface area (TPSA) is 77.1 Å². The van der Waals surface area contributed by atoms with Crippen LogP contribution in [-0.4, -0.2) is 57.7 Å². The van der Waals surface area contributed by atoms with Crippen molar-refractivity contribution in [3.63, 3.8) is 0 Å². The molecule has 2 atom stereocenters. The van der Waals surface area contributed by atoms with Gasteiger partial charge in [-0.15, -0.1) is 0 Å². The first-order valence-corrected chi connectivity index (χ1v) is 11.0. The molecule has 7 heteroatoms. The first-order chi connectivity index (χ1) is 15.5. The zero-order chi connectivity index (χ0) is 22.7. The van der Waals surface area contributed by atoms with Gasteiger partial charge in [0.2, 0.25) is 5.91 Å². The third-order valence-electron chi connectivity index (χ3n) is 6.36. The number of carbonyl (C=O) groups is 2. The van der Waals surface area contributed by atoms with Crippen molar-refractivity contribution in [3.8, 4) is 17.2 Å². The van der Waals surface area contributed by atoms with Gasteiger partial charge in [0.1, 0.15) is 17.2 Å². The first-order valence-electron chi connectivity index (χ1n) is 11.0. The van der Waals surface area contributed by atoms with Crippen LogP contribution < -0.4 is 19.5 Å². The van der Waals surface area contributed by atoms with Crippen LogP contribution in [0, 0.1) is 11.8 Å². The lowest BCUT2D eigenvalue weighted by molar-refractivity contribution is -0.125. The van der Waals surface area contributed by atoms with E-state index in [0.29, 0.717) is 48.4 Å². The van der Waals surface area contributed by atoms with Crippen molar-refractivity contribution in [3.05, 3.63) is 53.6 Å². The second-order valence-corrected chi connectivity index (χ2v) is 8.45. The molecule has 0 radical (unpaired) electrons. The van der Waals surface area contributed by atoms with E-state index in [-0.39, 0.29) is 23.7 Å². The van der Waals surface area contributed by atoms with Crippen molar-refractivity contribution in [2.75, 3.05) is 41.0 Å². The summed E-state index contributed by atoms with van der Waals surface area (Å²) < 4.78 is 16.3. The van der Waals surface area contributed by atoms with E-state index < -0.39 is 0 Å². The molecule has 1 saturated heterocycles. The highest BCUT2D eigenvalue weighted by atomic mass is 16.5. The molecule has 2 aliphatic rings. The molecule has 170 valence electrons. The summed E-state index contributed by atoms with van der Waals surface area (Å²) in [6, 6.07) is 12.7. The molecule has 0 bridgehead atoms. The van der Waals surface area contributed by atoms with E-state index in [4.69, 9.17) is 14.2 Å². The third-order valence-corrected chi connectivity index (χ3v) is 6.36. The second kappa shape index (κ2) is 9.51. The molecular formula is C25H30N2O5. The molecule has 32 heavy (non-hydrogen) atoms. The second-order valence-electron chi connectivity index (χ2n) is 8.45. The van der Waals surface area contributed by atoms with Gasteiger partial charge < -0.3 is 24.4 Å². The number of rotatable bonds is 8. The molecule has 2 amide bonds. The molecule has 7 nitrogen and oxygen atoms in total. The summed E-state index contributed by atoms with van der Waals surface area (Å²) in [5.41, 5.74) is 1.42. The molecule has 1 aliphatic heterocycles. The number of ether oxygens (including phenoxy) is 3. The average Bonchev–Trinajstić information content (AvgIpc) is 3.57. The number of carbonyl (C=O) groups excluding carboxylic acids is 2. The molecule has 0 aromatic heterocycles. The number of hydrogen-bond acceptors (Lipinski definition) is 5. The maximum atomic E-state index is 13.3. The predicted octanol–water partition coefficient (Wildman–Crippen LogP) is 3.09. The normalized spacial score (nSPS) is 20.0. The monoisotopic (exact) mass is 438 g/mol. The van der Waals surface area contributed by atoms with E-state index in [2.05, 4.69) is 5.32 Å². The average molecular weight is 439 g/mol. The van der Waals surface area contributed by atoms with Crippen molar-refractivity contribution < 1.29 is 23.8 Å². The molecule has 1 aliphatic carbocycles. The number of nitrogens with one attached hydrogen (secondary N) is 1. The van der Waals surface area contributed by atoms with Gasteiger partial charge >= 0.3 is 0 Å². The van der Waals surface area contributed by atoms with Crippen LogP contribution in [0.1, 0.15) is 34.7 Å². The Balaban J connectivity index is 1.63. The quantitative estimate of drug-likeness (QED) is 0.685. The van der Waals surface area contributed by atoms with Gasteiger partial charge in [0.15, 0.2) is 0 Å². The number of hydrogen-bond donors (Lipinski definition) is 1. The summed E-state index contributed by atoms with van der Waals surface area (Å²) in [5.74, 6) is 1.88. The van der Waals surface area contributed by atoms with Crippen LogP contribution in [0.25, 0.3) is 0 Å². The summed E-state index contributed by atoms with van der Waals surface area (Å²) in [4.78, 5) is 28.2. The van der Waals surface area contributed by atoms with Gasteiger partial charge in [0.05, 0.1) is 27.2 Å². The predicted molar refractivity (Wildman–Crippen MR) is 120 cm³/mol. The first kappa shape index (κ1) is 22.0. The molecule has 2 aromatic rings. The van der Waals surface area contributed by atoms with E-state index >= 15 is 0 Å². The Morgan fingerprint density at radius 3 is 2.41 bits per heavy atom. The number of benzene rings is 2. The molecule has 1 heterocycles. The zero-order valence-corrected chi connectivity index (χ0v) is 18.8. The summed E-state index contributed by atoms with van der Waals surface area (Å²) in [6.07, 6.45) is 2.33. The van der Waals surface area contributed by atoms with Gasteiger partial charge in [0, 0.05) is 36.7 Å². The minimum absolute atomic E-state index is 0.0206. The standard InChI is InChI=1S/C25H30N2O5/c1-30-18-6-4-5-17(11-18)25(29)27-14-21(20-12-19(31-2)9-10-23(20)32-3)22(15-27)24(28)26-13-16-7-8-16/h4-6,9-12,16,21-22H,7-8,13-15H2,1-3H3,(H,26,28)/t21-,22-/m0/s1. The summed E-state index contributed by atoms with van der Waals surface area (Å²) in [6.45, 7) is 1.46. The highest BCUT2D eigenvalue weighted by Gasteiger charge is 2.42. The van der Waals surface area contributed by atoms with Gasteiger partial charge in [0.25, 0.3) is 5.91 Å². The van der Waals surface area contributed by atoms with Crippen molar-refractivity contribution in [1.82, 2.24) is 10.2 Å². The molecule has 0 unspecified atom stereocenters. The fourth-order valence-corrected chi connectivity index (χ4v) is 4.32. The summed E-state index contributed by atoms with van der Waals surface area (Å²) >= 11 is 0.